The van der Waals surface area contributed by atoms with E-state index in [1.54, 1.807) is 0 Å². The lowest BCUT2D eigenvalue weighted by Crippen LogP contribution is -2.35. The van der Waals surface area contributed by atoms with E-state index < -0.39 is 0 Å². The van der Waals surface area contributed by atoms with Crippen LogP contribution in [0.15, 0.2) is 24.4 Å². The van der Waals surface area contributed by atoms with E-state index in [9.17, 15) is 4.79 Å². The third kappa shape index (κ3) is 4.39. The predicted octanol–water partition coefficient (Wildman–Crippen LogP) is 3.63. The van der Waals surface area contributed by atoms with Crippen LogP contribution < -0.4 is 5.32 Å². The lowest BCUT2D eigenvalue weighted by atomic mass is 9.69. The number of hydrogen-bond donors (Lipinski definition) is 1. The van der Waals surface area contributed by atoms with Crippen molar-refractivity contribution in [3.63, 3.8) is 0 Å². The minimum atomic E-state index is 0.201. The van der Waals surface area contributed by atoms with E-state index in [1.165, 1.54) is 12.8 Å². The number of carbonyl (C=O) groups excluding carboxylic acids is 1. The van der Waals surface area contributed by atoms with Gasteiger partial charge < -0.3 is 5.32 Å². The number of nitrogens with one attached hydrogen (secondary N) is 1. The van der Waals surface area contributed by atoms with Gasteiger partial charge in [-0.2, -0.15) is 0 Å². The second kappa shape index (κ2) is 7.54. The quantitative estimate of drug-likeness (QED) is 0.844. The summed E-state index contributed by atoms with van der Waals surface area (Å²) in [5.74, 6) is 2.14. The van der Waals surface area contributed by atoms with E-state index in [0.717, 1.165) is 43.1 Å². The summed E-state index contributed by atoms with van der Waals surface area (Å²) in [6.45, 7) is 7.64. The molecular weight excluding hydrogens is 312 g/mol. The summed E-state index contributed by atoms with van der Waals surface area (Å²) in [6.07, 6.45) is 8.10. The number of pyridine rings is 1. The summed E-state index contributed by atoms with van der Waals surface area (Å²) in [4.78, 5) is 12.4. The second-order valence-corrected chi connectivity index (χ2v) is 8.35. The summed E-state index contributed by atoms with van der Waals surface area (Å²) in [6, 6.07) is 5.89. The molecule has 0 radical (unpaired) electrons. The Morgan fingerprint density at radius 3 is 2.68 bits per heavy atom. The molecule has 136 valence electrons. The molecule has 1 fully saturated rings. The maximum Gasteiger partial charge on any atom is 0.223 e. The Labute approximate surface area is 150 Å². The van der Waals surface area contributed by atoms with Gasteiger partial charge in [0, 0.05) is 25.1 Å². The molecular formula is C20H30N4O. The average molecular weight is 342 g/mol. The average Bonchev–Trinajstić information content (AvgIpc) is 3.01. The zero-order valence-electron chi connectivity index (χ0n) is 15.7. The van der Waals surface area contributed by atoms with Gasteiger partial charge in [-0.3, -0.25) is 9.20 Å². The van der Waals surface area contributed by atoms with Crippen LogP contribution in [0.5, 0.6) is 0 Å². The van der Waals surface area contributed by atoms with Crippen molar-refractivity contribution in [2.24, 2.45) is 17.3 Å². The topological polar surface area (TPSA) is 59.3 Å². The third-order valence-corrected chi connectivity index (χ3v) is 5.58. The second-order valence-electron chi connectivity index (χ2n) is 8.35. The molecule has 0 bridgehead atoms. The first-order valence-electron chi connectivity index (χ1n) is 9.51. The van der Waals surface area contributed by atoms with Gasteiger partial charge in [0.15, 0.2) is 5.65 Å². The van der Waals surface area contributed by atoms with Crippen LogP contribution in [0.4, 0.5) is 0 Å². The Morgan fingerprint density at radius 1 is 1.20 bits per heavy atom. The molecule has 0 saturated heterocycles. The smallest absolute Gasteiger partial charge is 0.223 e. The van der Waals surface area contributed by atoms with Crippen molar-refractivity contribution in [2.45, 2.75) is 59.3 Å². The predicted molar refractivity (Wildman–Crippen MR) is 99.2 cm³/mol. The van der Waals surface area contributed by atoms with Crippen molar-refractivity contribution in [3.8, 4) is 0 Å². The monoisotopic (exact) mass is 342 g/mol. The molecule has 25 heavy (non-hydrogen) atoms. The van der Waals surface area contributed by atoms with Crippen molar-refractivity contribution in [1.29, 1.82) is 0 Å². The standard InChI is InChI=1S/C20H30N4O/c1-20(2,3)16-11-9-15(10-12-16)19(25)21-13-6-8-18-23-22-17-7-4-5-14-24(17)18/h4-5,7,14-16H,6,8-13H2,1-3H3,(H,21,25). The van der Waals surface area contributed by atoms with Crippen molar-refractivity contribution in [1.82, 2.24) is 19.9 Å². The highest BCUT2D eigenvalue weighted by Crippen LogP contribution is 2.39. The molecule has 1 saturated carbocycles. The number of rotatable bonds is 5. The normalized spacial score (nSPS) is 21.4. The first-order valence-corrected chi connectivity index (χ1v) is 9.51. The van der Waals surface area contributed by atoms with Gasteiger partial charge in [-0.1, -0.05) is 26.8 Å². The maximum absolute atomic E-state index is 12.4. The molecule has 3 rings (SSSR count). The number of amides is 1. The highest BCUT2D eigenvalue weighted by molar-refractivity contribution is 5.78. The molecule has 0 aliphatic heterocycles. The van der Waals surface area contributed by atoms with E-state index in [1.807, 2.05) is 28.8 Å². The van der Waals surface area contributed by atoms with Crippen LogP contribution in [-0.2, 0) is 11.2 Å². The summed E-state index contributed by atoms with van der Waals surface area (Å²) in [5, 5.41) is 11.5. The molecule has 5 heteroatoms. The van der Waals surface area contributed by atoms with Gasteiger partial charge >= 0.3 is 0 Å². The van der Waals surface area contributed by atoms with Crippen molar-refractivity contribution < 1.29 is 4.79 Å². The molecule has 2 aromatic rings. The first kappa shape index (κ1) is 17.9. The van der Waals surface area contributed by atoms with Crippen LogP contribution in [0, 0.1) is 17.3 Å². The summed E-state index contributed by atoms with van der Waals surface area (Å²) < 4.78 is 2.01. The van der Waals surface area contributed by atoms with E-state index in [0.29, 0.717) is 12.0 Å². The lowest BCUT2D eigenvalue weighted by Gasteiger charge is -2.36. The minimum Gasteiger partial charge on any atom is -0.356 e. The Balaban J connectivity index is 1.40. The molecule has 5 nitrogen and oxygen atoms in total. The zero-order valence-corrected chi connectivity index (χ0v) is 15.7. The van der Waals surface area contributed by atoms with E-state index in [4.69, 9.17) is 0 Å². The van der Waals surface area contributed by atoms with Gasteiger partial charge in [0.25, 0.3) is 0 Å². The molecule has 1 aliphatic carbocycles. The number of nitrogens with zero attached hydrogens (tertiary/aromatic N) is 3. The number of carbonyl (C=O) groups is 1. The van der Waals surface area contributed by atoms with Gasteiger partial charge in [0.05, 0.1) is 0 Å². The molecule has 1 amide bonds. The van der Waals surface area contributed by atoms with E-state index in [2.05, 4.69) is 36.3 Å². The number of aryl methyl sites for hydroxylation is 1. The van der Waals surface area contributed by atoms with Crippen LogP contribution in [-0.4, -0.2) is 27.0 Å². The Kier molecular flexibility index (Phi) is 5.40. The van der Waals surface area contributed by atoms with Gasteiger partial charge in [-0.05, 0) is 55.6 Å². The molecule has 0 unspecified atom stereocenters. The fraction of sp³-hybridized carbons (Fsp3) is 0.650. The fourth-order valence-electron chi connectivity index (χ4n) is 3.89. The SMILES string of the molecule is CC(C)(C)C1CCC(C(=O)NCCCc2nnc3ccccn23)CC1. The van der Waals surface area contributed by atoms with Crippen LogP contribution in [0.25, 0.3) is 5.65 Å². The molecule has 0 aromatic carbocycles. The van der Waals surface area contributed by atoms with Crippen LogP contribution in [0.3, 0.4) is 0 Å². The van der Waals surface area contributed by atoms with Crippen LogP contribution >= 0.6 is 0 Å². The van der Waals surface area contributed by atoms with Crippen molar-refractivity contribution >= 4 is 11.6 Å². The highest BCUT2D eigenvalue weighted by atomic mass is 16.1. The molecule has 1 N–H and O–H groups in total. The van der Waals surface area contributed by atoms with E-state index >= 15 is 0 Å². The van der Waals surface area contributed by atoms with Gasteiger partial charge in [0.2, 0.25) is 5.91 Å². The van der Waals surface area contributed by atoms with Gasteiger partial charge in [0.1, 0.15) is 5.82 Å². The third-order valence-electron chi connectivity index (χ3n) is 5.58. The fourth-order valence-corrected chi connectivity index (χ4v) is 3.89. The van der Waals surface area contributed by atoms with Gasteiger partial charge in [-0.25, -0.2) is 0 Å². The zero-order chi connectivity index (χ0) is 17.9. The highest BCUT2D eigenvalue weighted by Gasteiger charge is 2.32. The molecule has 1 aliphatic rings. The molecule has 2 heterocycles. The van der Waals surface area contributed by atoms with Crippen LogP contribution in [0.1, 0.15) is 58.7 Å². The molecule has 2 aromatic heterocycles. The summed E-state index contributed by atoms with van der Waals surface area (Å²) in [7, 11) is 0. The minimum absolute atomic E-state index is 0.201. The number of hydrogen-bond acceptors (Lipinski definition) is 3. The van der Waals surface area contributed by atoms with Crippen molar-refractivity contribution in [3.05, 3.63) is 30.2 Å². The van der Waals surface area contributed by atoms with Crippen LogP contribution in [0.2, 0.25) is 0 Å². The lowest BCUT2D eigenvalue weighted by molar-refractivity contribution is -0.126. The molecule has 0 atom stereocenters. The van der Waals surface area contributed by atoms with Crippen molar-refractivity contribution in [2.75, 3.05) is 6.54 Å². The van der Waals surface area contributed by atoms with Gasteiger partial charge in [-0.15, -0.1) is 10.2 Å². The number of fused-ring (bicyclic) bond motifs is 1. The number of aromatic nitrogens is 3. The molecule has 0 spiro atoms. The summed E-state index contributed by atoms with van der Waals surface area (Å²) >= 11 is 0. The Bertz CT molecular complexity index is 708. The summed E-state index contributed by atoms with van der Waals surface area (Å²) in [5.41, 5.74) is 1.24. The Hall–Kier alpha value is -1.91. The Morgan fingerprint density at radius 2 is 1.96 bits per heavy atom. The maximum atomic E-state index is 12.4. The largest absolute Gasteiger partial charge is 0.356 e. The van der Waals surface area contributed by atoms with E-state index in [-0.39, 0.29) is 11.8 Å². The first-order chi connectivity index (χ1) is 11.9.